The second-order valence-corrected chi connectivity index (χ2v) is 4.03. The minimum absolute atomic E-state index is 0.0845. The summed E-state index contributed by atoms with van der Waals surface area (Å²) in [5, 5.41) is 17.7. The number of ether oxygens (including phenoxy) is 1. The molecule has 0 unspecified atom stereocenters. The Bertz CT molecular complexity index is 614. The molecular formula is C12H13FN4O3. The number of nitro groups is 1. The summed E-state index contributed by atoms with van der Waals surface area (Å²) in [6.07, 6.45) is 3.16. The van der Waals surface area contributed by atoms with Gasteiger partial charge in [-0.1, -0.05) is 0 Å². The van der Waals surface area contributed by atoms with Crippen molar-refractivity contribution in [3.63, 3.8) is 0 Å². The Hall–Kier alpha value is -2.48. The molecule has 0 bridgehead atoms. The second-order valence-electron chi connectivity index (χ2n) is 4.03. The Labute approximate surface area is 114 Å². The summed E-state index contributed by atoms with van der Waals surface area (Å²) in [5.41, 5.74) is 0.423. The van der Waals surface area contributed by atoms with E-state index in [1.807, 2.05) is 0 Å². The van der Waals surface area contributed by atoms with E-state index in [1.165, 1.54) is 6.20 Å². The third-order valence-corrected chi connectivity index (χ3v) is 2.59. The number of halogens is 1. The van der Waals surface area contributed by atoms with E-state index in [9.17, 15) is 14.5 Å². The number of aromatic nitrogens is 2. The number of anilines is 2. The maximum absolute atomic E-state index is 13.2. The fraction of sp³-hybridized carbons (Fsp3) is 0.250. The minimum Gasteiger partial charge on any atom is -0.383 e. The average molecular weight is 280 g/mol. The molecule has 0 aliphatic carbocycles. The summed E-state index contributed by atoms with van der Waals surface area (Å²) in [5.74, 6) is -0.551. The number of nitro benzene ring substituents is 1. The molecule has 0 radical (unpaired) electrons. The van der Waals surface area contributed by atoms with Crippen molar-refractivity contribution >= 4 is 17.1 Å². The molecule has 0 saturated carbocycles. The summed E-state index contributed by atoms with van der Waals surface area (Å²) in [4.78, 5) is 10.3. The van der Waals surface area contributed by atoms with Crippen molar-refractivity contribution < 1.29 is 14.1 Å². The van der Waals surface area contributed by atoms with Gasteiger partial charge in [0.05, 0.1) is 30.0 Å². The summed E-state index contributed by atoms with van der Waals surface area (Å²) < 4.78 is 19.7. The second kappa shape index (κ2) is 6.11. The molecule has 1 aromatic heterocycles. The molecule has 0 amide bonds. The van der Waals surface area contributed by atoms with E-state index in [1.54, 1.807) is 18.0 Å². The van der Waals surface area contributed by atoms with Crippen molar-refractivity contribution in [1.82, 2.24) is 9.78 Å². The third-order valence-electron chi connectivity index (χ3n) is 2.59. The molecule has 1 N–H and O–H groups in total. The van der Waals surface area contributed by atoms with Crippen molar-refractivity contribution in [3.8, 4) is 0 Å². The molecule has 0 saturated heterocycles. The molecule has 20 heavy (non-hydrogen) atoms. The fourth-order valence-corrected chi connectivity index (χ4v) is 1.66. The first-order chi connectivity index (χ1) is 9.60. The number of nitrogens with one attached hydrogen (secondary N) is 1. The van der Waals surface area contributed by atoms with Gasteiger partial charge in [-0.2, -0.15) is 5.10 Å². The minimum atomic E-state index is -0.572. The Balaban J connectivity index is 2.19. The van der Waals surface area contributed by atoms with Gasteiger partial charge in [0.25, 0.3) is 5.69 Å². The van der Waals surface area contributed by atoms with E-state index in [0.717, 1.165) is 18.2 Å². The SMILES string of the molecule is COCCn1cc(Nc2cc(F)ccc2[N+](=O)[O-])cn1. The lowest BCUT2D eigenvalue weighted by Crippen LogP contribution is -2.04. The van der Waals surface area contributed by atoms with Gasteiger partial charge < -0.3 is 10.1 Å². The molecule has 8 heteroatoms. The third kappa shape index (κ3) is 3.29. The van der Waals surface area contributed by atoms with Gasteiger partial charge in [0, 0.05) is 25.4 Å². The summed E-state index contributed by atoms with van der Waals surface area (Å²) >= 11 is 0. The zero-order valence-electron chi connectivity index (χ0n) is 10.7. The number of hydrogen-bond donors (Lipinski definition) is 1. The van der Waals surface area contributed by atoms with Crippen LogP contribution >= 0.6 is 0 Å². The van der Waals surface area contributed by atoms with Crippen molar-refractivity contribution in [2.75, 3.05) is 19.0 Å². The molecule has 1 aromatic carbocycles. The van der Waals surface area contributed by atoms with Crippen LogP contribution in [0, 0.1) is 15.9 Å². The quantitative estimate of drug-likeness (QED) is 0.648. The van der Waals surface area contributed by atoms with E-state index in [4.69, 9.17) is 4.74 Å². The van der Waals surface area contributed by atoms with Gasteiger partial charge in [0.15, 0.2) is 0 Å². The van der Waals surface area contributed by atoms with Crippen molar-refractivity contribution in [2.24, 2.45) is 0 Å². The van der Waals surface area contributed by atoms with Gasteiger partial charge in [-0.15, -0.1) is 0 Å². The first-order valence-corrected chi connectivity index (χ1v) is 5.82. The summed E-state index contributed by atoms with van der Waals surface area (Å²) in [6, 6.07) is 3.24. The van der Waals surface area contributed by atoms with E-state index in [0.29, 0.717) is 18.8 Å². The highest BCUT2D eigenvalue weighted by Gasteiger charge is 2.15. The van der Waals surface area contributed by atoms with Gasteiger partial charge in [-0.3, -0.25) is 14.8 Å². The van der Waals surface area contributed by atoms with Crippen LogP contribution in [0.1, 0.15) is 0 Å². The van der Waals surface area contributed by atoms with Crippen molar-refractivity contribution in [2.45, 2.75) is 6.54 Å². The number of nitrogens with zero attached hydrogens (tertiary/aromatic N) is 3. The topological polar surface area (TPSA) is 82.2 Å². The van der Waals surface area contributed by atoms with Crippen LogP contribution in [0.25, 0.3) is 0 Å². The Morgan fingerprint density at radius 1 is 1.55 bits per heavy atom. The first kappa shape index (κ1) is 13.9. The molecule has 0 aliphatic heterocycles. The highest BCUT2D eigenvalue weighted by molar-refractivity contribution is 5.68. The van der Waals surface area contributed by atoms with Crippen LogP contribution in [0.3, 0.4) is 0 Å². The van der Waals surface area contributed by atoms with Gasteiger partial charge in [0.1, 0.15) is 11.5 Å². The lowest BCUT2D eigenvalue weighted by Gasteiger charge is -2.04. The van der Waals surface area contributed by atoms with E-state index < -0.39 is 10.7 Å². The maximum Gasteiger partial charge on any atom is 0.292 e. The lowest BCUT2D eigenvalue weighted by atomic mass is 10.2. The van der Waals surface area contributed by atoms with Crippen molar-refractivity contribution in [3.05, 3.63) is 46.5 Å². The van der Waals surface area contributed by atoms with Crippen LogP contribution in [0.15, 0.2) is 30.6 Å². The molecule has 0 fully saturated rings. The molecule has 2 aromatic rings. The Morgan fingerprint density at radius 2 is 2.35 bits per heavy atom. The van der Waals surface area contributed by atoms with Gasteiger partial charge in [-0.05, 0) is 6.07 Å². The standard InChI is InChI=1S/C12H13FN4O3/c1-20-5-4-16-8-10(7-14-16)15-11-6-9(13)2-3-12(11)17(18)19/h2-3,6-8,15H,4-5H2,1H3. The average Bonchev–Trinajstić information content (AvgIpc) is 2.83. The van der Waals surface area contributed by atoms with Gasteiger partial charge >= 0.3 is 0 Å². The highest BCUT2D eigenvalue weighted by Crippen LogP contribution is 2.27. The molecule has 0 aliphatic rings. The molecular weight excluding hydrogens is 267 g/mol. The number of benzene rings is 1. The first-order valence-electron chi connectivity index (χ1n) is 5.82. The predicted octanol–water partition coefficient (Wildman–Crippen LogP) is 2.32. The number of rotatable bonds is 6. The van der Waals surface area contributed by atoms with Crippen LogP contribution in [-0.2, 0) is 11.3 Å². The summed E-state index contributed by atoms with van der Waals surface area (Å²) in [6.45, 7) is 1.06. The van der Waals surface area contributed by atoms with Crippen LogP contribution in [0.4, 0.5) is 21.5 Å². The molecule has 0 spiro atoms. The van der Waals surface area contributed by atoms with E-state index in [2.05, 4.69) is 10.4 Å². The monoisotopic (exact) mass is 280 g/mol. The lowest BCUT2D eigenvalue weighted by molar-refractivity contribution is -0.384. The molecule has 1 heterocycles. The largest absolute Gasteiger partial charge is 0.383 e. The summed E-state index contributed by atoms with van der Waals surface area (Å²) in [7, 11) is 1.58. The number of methoxy groups -OCH3 is 1. The van der Waals surface area contributed by atoms with Gasteiger partial charge in [0.2, 0.25) is 0 Å². The smallest absolute Gasteiger partial charge is 0.292 e. The fourth-order valence-electron chi connectivity index (χ4n) is 1.66. The number of hydrogen-bond acceptors (Lipinski definition) is 5. The molecule has 7 nitrogen and oxygen atoms in total. The maximum atomic E-state index is 13.2. The van der Waals surface area contributed by atoms with E-state index in [-0.39, 0.29) is 11.4 Å². The molecule has 106 valence electrons. The normalized spacial score (nSPS) is 10.5. The van der Waals surface area contributed by atoms with Crippen LogP contribution < -0.4 is 5.32 Å². The molecule has 0 atom stereocenters. The van der Waals surface area contributed by atoms with Gasteiger partial charge in [-0.25, -0.2) is 4.39 Å². The predicted molar refractivity (Wildman–Crippen MR) is 70.4 cm³/mol. The van der Waals surface area contributed by atoms with E-state index >= 15 is 0 Å². The van der Waals surface area contributed by atoms with Crippen molar-refractivity contribution in [1.29, 1.82) is 0 Å². The van der Waals surface area contributed by atoms with Crippen LogP contribution in [-0.4, -0.2) is 28.4 Å². The zero-order chi connectivity index (χ0) is 14.5. The van der Waals surface area contributed by atoms with Crippen LogP contribution in [0.5, 0.6) is 0 Å². The Morgan fingerprint density at radius 3 is 3.05 bits per heavy atom. The molecule has 2 rings (SSSR count). The van der Waals surface area contributed by atoms with Crippen LogP contribution in [0.2, 0.25) is 0 Å². The Kier molecular flexibility index (Phi) is 4.26. The zero-order valence-corrected chi connectivity index (χ0v) is 10.7. The highest BCUT2D eigenvalue weighted by atomic mass is 19.1.